The first-order valence-corrected chi connectivity index (χ1v) is 6.29. The largest absolute Gasteiger partial charge is 0.412 e. The first-order valence-electron chi connectivity index (χ1n) is 2.10. The molecule has 0 aliphatic rings. The summed E-state index contributed by atoms with van der Waals surface area (Å²) in [7, 11) is -14.0. The second-order valence-corrected chi connectivity index (χ2v) is 4.03. The molecule has 25 heteroatoms. The zero-order valence-corrected chi connectivity index (χ0v) is 18.1. The standard InChI is InChI=1S/2Gd.3H2O4S.8H2O/c;;3*1-5(2,3)4;;;;;;;;/h;;3*(H2,1,2,3,4);8*1H2. The second kappa shape index (κ2) is 40.6. The number of hydrogen-bond acceptors (Lipinski definition) is 6. The van der Waals surface area contributed by atoms with Crippen molar-refractivity contribution in [2.24, 2.45) is 0 Å². The van der Waals surface area contributed by atoms with Crippen LogP contribution < -0.4 is 0 Å². The van der Waals surface area contributed by atoms with Crippen LogP contribution in [0.15, 0.2) is 0 Å². The molecule has 0 bridgehead atoms. The maximum Gasteiger partial charge on any atom is 0.394 e. The molecule has 0 aliphatic carbocycles. The van der Waals surface area contributed by atoms with Gasteiger partial charge in [-0.15, -0.1) is 0 Å². The molecule has 0 radical (unpaired) electrons. The van der Waals surface area contributed by atoms with E-state index in [1.165, 1.54) is 0 Å². The SMILES string of the molecule is O.O.O.O.O.O.O.O.O=S(=O)(O)O.O=S(=O)(O)O.O=S(=O)(O)O.[Gd].[Gd]. The van der Waals surface area contributed by atoms with Crippen molar-refractivity contribution >= 4 is 31.2 Å². The molecule has 0 aromatic rings. The van der Waals surface area contributed by atoms with Crippen molar-refractivity contribution in [1.29, 1.82) is 0 Å². The molecule has 0 fully saturated rings. The minimum absolute atomic E-state index is 0. The monoisotopic (exact) mass is 754 g/mol. The Morgan fingerprint density at radius 1 is 0.320 bits per heavy atom. The van der Waals surface area contributed by atoms with Crippen molar-refractivity contribution in [2.45, 2.75) is 0 Å². The van der Waals surface area contributed by atoms with Gasteiger partial charge >= 0.3 is 31.2 Å². The Morgan fingerprint density at radius 3 is 0.320 bits per heavy atom. The third-order valence-corrected chi connectivity index (χ3v) is 0. The zero-order chi connectivity index (χ0) is 13.5. The minimum atomic E-state index is -4.67. The Labute approximate surface area is 204 Å². The van der Waals surface area contributed by atoms with Crippen molar-refractivity contribution in [3.8, 4) is 0 Å². The van der Waals surface area contributed by atoms with Crippen LogP contribution in [0, 0.1) is 79.9 Å². The molecule has 0 heterocycles. The van der Waals surface area contributed by atoms with Gasteiger partial charge in [0.2, 0.25) is 0 Å². The maximum atomic E-state index is 8.74. The predicted octanol–water partition coefficient (Wildman–Crippen LogP) is -8.56. The minimum Gasteiger partial charge on any atom is -0.412 e. The van der Waals surface area contributed by atoms with E-state index in [-0.39, 0.29) is 124 Å². The van der Waals surface area contributed by atoms with E-state index < -0.39 is 31.2 Å². The smallest absolute Gasteiger partial charge is 0.394 e. The van der Waals surface area contributed by atoms with E-state index in [2.05, 4.69) is 0 Å². The van der Waals surface area contributed by atoms with Crippen molar-refractivity contribution in [2.75, 3.05) is 0 Å². The van der Waals surface area contributed by atoms with Gasteiger partial charge in [0.25, 0.3) is 0 Å². The van der Waals surface area contributed by atoms with Crippen LogP contribution in [0.25, 0.3) is 0 Å². The summed E-state index contributed by atoms with van der Waals surface area (Å²) >= 11 is 0. The van der Waals surface area contributed by atoms with E-state index in [4.69, 9.17) is 52.6 Å². The fraction of sp³-hybridized carbons (Fsp3) is 0. The molecule has 22 N–H and O–H groups in total. The normalized spacial score (nSPS) is 6.96. The molecule has 0 amide bonds. The molecule has 0 atom stereocenters. The summed E-state index contributed by atoms with van der Waals surface area (Å²) in [5.41, 5.74) is 0. The average Bonchev–Trinajstić information content (AvgIpc) is 1.41. The van der Waals surface area contributed by atoms with E-state index in [1.54, 1.807) is 0 Å². The van der Waals surface area contributed by atoms with Crippen LogP contribution in [0.1, 0.15) is 0 Å². The van der Waals surface area contributed by atoms with Gasteiger partial charge in [0.05, 0.1) is 0 Å². The van der Waals surface area contributed by atoms with Crippen LogP contribution in [-0.2, 0) is 31.2 Å². The number of hydrogen-bond donors (Lipinski definition) is 6. The molecule has 25 heavy (non-hydrogen) atoms. The van der Waals surface area contributed by atoms with Crippen molar-refractivity contribution in [1.82, 2.24) is 0 Å². The van der Waals surface area contributed by atoms with Crippen molar-refractivity contribution in [3.05, 3.63) is 0 Å². The zero-order valence-electron chi connectivity index (χ0n) is 11.1. The molecule has 0 saturated carbocycles. The molecule has 0 aliphatic heterocycles. The molecule has 0 aromatic heterocycles. The van der Waals surface area contributed by atoms with Gasteiger partial charge in [-0.1, -0.05) is 0 Å². The summed E-state index contributed by atoms with van der Waals surface area (Å²) in [4.78, 5) is 0. The van der Waals surface area contributed by atoms with Crippen LogP contribution in [0.5, 0.6) is 0 Å². The summed E-state index contributed by atoms with van der Waals surface area (Å²) in [6.45, 7) is 0. The summed E-state index contributed by atoms with van der Waals surface area (Å²) in [6, 6.07) is 0. The Kier molecular flexibility index (Phi) is 151. The van der Waals surface area contributed by atoms with E-state index in [1.807, 2.05) is 0 Å². The predicted molar refractivity (Wildman–Crippen MR) is 71.4 cm³/mol. The second-order valence-electron chi connectivity index (χ2n) is 1.34. The van der Waals surface area contributed by atoms with E-state index >= 15 is 0 Å². The van der Waals surface area contributed by atoms with Gasteiger partial charge in [-0.3, -0.25) is 27.3 Å². The maximum absolute atomic E-state index is 8.74. The Morgan fingerprint density at radius 2 is 0.320 bits per heavy atom. The molecular formula is H22Gd2O20S3. The molecule has 0 saturated heterocycles. The van der Waals surface area contributed by atoms with Gasteiger partial charge < -0.3 is 43.8 Å². The Bertz CT molecular complexity index is 344. The van der Waals surface area contributed by atoms with E-state index in [9.17, 15) is 0 Å². The third-order valence-electron chi connectivity index (χ3n) is 0. The van der Waals surface area contributed by atoms with Crippen LogP contribution in [0.2, 0.25) is 0 Å². The first kappa shape index (κ1) is 93.3. The van der Waals surface area contributed by atoms with Crippen LogP contribution in [0.3, 0.4) is 0 Å². The summed E-state index contributed by atoms with van der Waals surface area (Å²) in [5, 5.41) is 0. The summed E-state index contributed by atoms with van der Waals surface area (Å²) in [6.07, 6.45) is 0. The average molecular weight is 753 g/mol. The van der Waals surface area contributed by atoms with Gasteiger partial charge in [0.15, 0.2) is 0 Å². The van der Waals surface area contributed by atoms with Gasteiger partial charge in [0.1, 0.15) is 0 Å². The molecule has 176 valence electrons. The Balaban J connectivity index is -0.00000000655. The molecule has 0 aromatic carbocycles. The fourth-order valence-corrected chi connectivity index (χ4v) is 0. The van der Waals surface area contributed by atoms with Gasteiger partial charge in [-0.05, 0) is 0 Å². The quantitative estimate of drug-likeness (QED) is 0.126. The third kappa shape index (κ3) is 3950. The van der Waals surface area contributed by atoms with E-state index in [0.717, 1.165) is 0 Å². The molecular weight excluding hydrogens is 731 g/mol. The molecule has 20 nitrogen and oxygen atoms in total. The van der Waals surface area contributed by atoms with Gasteiger partial charge in [-0.2, -0.15) is 25.3 Å². The van der Waals surface area contributed by atoms with Crippen LogP contribution in [0.4, 0.5) is 0 Å². The molecule has 0 spiro atoms. The van der Waals surface area contributed by atoms with Crippen LogP contribution in [-0.4, -0.2) is 96.4 Å². The molecule has 0 unspecified atom stereocenters. The van der Waals surface area contributed by atoms with Crippen LogP contribution >= 0.6 is 0 Å². The first-order chi connectivity index (χ1) is 6.00. The Hall–Kier alpha value is 1.94. The van der Waals surface area contributed by atoms with Crippen molar-refractivity contribution < 1.29 is 176 Å². The fourth-order valence-electron chi connectivity index (χ4n) is 0. The van der Waals surface area contributed by atoms with Gasteiger partial charge in [0, 0.05) is 79.9 Å². The van der Waals surface area contributed by atoms with E-state index in [0.29, 0.717) is 0 Å². The van der Waals surface area contributed by atoms with Crippen molar-refractivity contribution in [3.63, 3.8) is 0 Å². The van der Waals surface area contributed by atoms with Gasteiger partial charge in [-0.25, -0.2) is 0 Å². The topological polar surface area (TPSA) is 476 Å². The summed E-state index contributed by atoms with van der Waals surface area (Å²) in [5.74, 6) is 0. The molecule has 0 rings (SSSR count). The summed E-state index contributed by atoms with van der Waals surface area (Å²) < 4.78 is 94.8. The number of rotatable bonds is 0.